The third-order valence-corrected chi connectivity index (χ3v) is 31.9. The molecule has 15 heterocycles. The molecule has 0 bridgehead atoms. The van der Waals surface area contributed by atoms with Crippen LogP contribution in [0.15, 0.2) is 431 Å². The molecule has 13 aromatic carbocycles. The fourth-order valence-electron chi connectivity index (χ4n) is 19.4. The summed E-state index contributed by atoms with van der Waals surface area (Å²) in [7, 11) is -2.47. The van der Waals surface area contributed by atoms with Crippen LogP contribution < -0.4 is 24.4 Å². The van der Waals surface area contributed by atoms with Crippen molar-refractivity contribution in [2.75, 3.05) is 4.90 Å². The Morgan fingerprint density at radius 3 is 1.39 bits per heavy atom. The van der Waals surface area contributed by atoms with Gasteiger partial charge in [-0.2, -0.15) is 9.13 Å². The molecule has 0 fully saturated rings. The van der Waals surface area contributed by atoms with Gasteiger partial charge in [0.2, 0.25) is 11.2 Å². The fourth-order valence-corrected chi connectivity index (χ4v) is 22.9. The number of aromatic amines is 1. The summed E-state index contributed by atoms with van der Waals surface area (Å²) in [6.45, 7) is 18.7. The average molecular weight is 2470 g/mol. The molecule has 0 aliphatic carbocycles. The van der Waals surface area contributed by atoms with Crippen LogP contribution in [0.4, 0.5) is 17.3 Å². The smallest absolute Gasteiger partial charge is 0.353 e. The number of hydrogen-bond acceptors (Lipinski definition) is 8. The number of rotatable bonds is 10. The van der Waals surface area contributed by atoms with Crippen molar-refractivity contribution in [2.24, 2.45) is 0 Å². The average Bonchev–Trinajstić information content (AvgIpc) is 1.71. The summed E-state index contributed by atoms with van der Waals surface area (Å²) < 4.78 is 9.98. The minimum Gasteiger partial charge on any atom is -0.353 e. The van der Waals surface area contributed by atoms with Gasteiger partial charge in [-0.1, -0.05) is 220 Å². The summed E-state index contributed by atoms with van der Waals surface area (Å²) in [4.78, 5) is 33.8. The number of aryl methyl sites for hydroxylation is 1. The second-order valence-electron chi connectivity index (χ2n) is 38.2. The molecule has 0 saturated heterocycles. The molecule has 28 rings (SSSR count). The van der Waals surface area contributed by atoms with Gasteiger partial charge in [0, 0.05) is 149 Å². The summed E-state index contributed by atoms with van der Waals surface area (Å²) in [5.74, 6) is 1.93. The SMILES string of the molecule is C[Si](C)(C)c1ccc2c(c1)-c1ccc([Si](C)(C)C)c[n+]1C2.Cc1cc(-c2[c-]cccc2)ncc1-c1ccccc1.[Ir].[Ir].[Pt+2].[c-]1ccccc1-c1cc2c(cn1)[nH]c1cc3c(cc12)c1ccccc1n3-c1ccccc1.[c-]1ccccc1-c1ccc2c(n1)N1c3nc(-c4[c-]cccc4)ccc3Cc3cccc(c31)C2.[c-]1ccccc1-c1ccccn1.[c-]1ccccc1-c1ccccn1.c1cc2c3c(c1)sc1ccc[n+](c13)C2. The molecular formula is C129H101Ir2N11PtSSi2-2. The maximum absolute atomic E-state index is 5.16. The van der Waals surface area contributed by atoms with Crippen molar-refractivity contribution >= 4 is 119 Å². The van der Waals surface area contributed by atoms with Gasteiger partial charge in [-0.3, -0.25) is 14.9 Å². The maximum Gasteiger partial charge on any atom is 2.00 e. The summed E-state index contributed by atoms with van der Waals surface area (Å²) in [5.41, 5.74) is 34.7. The van der Waals surface area contributed by atoms with Gasteiger partial charge >= 0.3 is 21.1 Å². The maximum atomic E-state index is 5.16. The third-order valence-electron chi connectivity index (χ3n) is 26.7. The second kappa shape index (κ2) is 44.4. The van der Waals surface area contributed by atoms with E-state index in [0.29, 0.717) is 0 Å². The molecule has 0 amide bonds. The van der Waals surface area contributed by atoms with E-state index in [-0.39, 0.29) is 61.3 Å². The van der Waals surface area contributed by atoms with E-state index >= 15 is 0 Å². The predicted octanol–water partition coefficient (Wildman–Crippen LogP) is 29.4. The van der Waals surface area contributed by atoms with Gasteiger partial charge in [-0.15, -0.1) is 227 Å². The molecule has 4 aliphatic heterocycles. The minimum absolute atomic E-state index is 0. The zero-order valence-corrected chi connectivity index (χ0v) is 91.6. The Bertz CT molecular complexity index is 8410. The predicted molar refractivity (Wildman–Crippen MR) is 595 cm³/mol. The van der Waals surface area contributed by atoms with E-state index in [1.54, 1.807) is 22.8 Å². The molecule has 2 radical (unpaired) electrons. The van der Waals surface area contributed by atoms with Crippen molar-refractivity contribution in [3.63, 3.8) is 0 Å². The van der Waals surface area contributed by atoms with Crippen LogP contribution in [-0.2, 0) is 87.2 Å². The van der Waals surface area contributed by atoms with E-state index in [1.165, 1.54) is 120 Å². The first-order valence-corrected chi connectivity index (χ1v) is 56.4. The fraction of sp³-hybridized carbons (Fsp3) is 0.0853. The molecule has 4 aliphatic rings. The summed E-state index contributed by atoms with van der Waals surface area (Å²) >= 11 is 1.90. The largest absolute Gasteiger partial charge is 2.00 e. The van der Waals surface area contributed by atoms with Crippen LogP contribution in [0.1, 0.15) is 38.9 Å². The van der Waals surface area contributed by atoms with Crippen LogP contribution >= 0.6 is 11.3 Å². The quantitative estimate of drug-likeness (QED) is 0.0825. The molecule has 17 heteroatoms. The van der Waals surface area contributed by atoms with Crippen LogP contribution in [0.2, 0.25) is 39.3 Å². The second-order valence-corrected chi connectivity index (χ2v) is 49.4. The molecule has 0 unspecified atom stereocenters. The summed E-state index contributed by atoms with van der Waals surface area (Å²) in [5, 5.41) is 9.49. The monoisotopic (exact) mass is 2470 g/mol. The Morgan fingerprint density at radius 1 is 0.349 bits per heavy atom. The van der Waals surface area contributed by atoms with Gasteiger partial charge in [0.05, 0.1) is 49.3 Å². The van der Waals surface area contributed by atoms with Crippen molar-refractivity contribution in [1.82, 2.24) is 39.5 Å². The van der Waals surface area contributed by atoms with E-state index in [4.69, 9.17) is 9.97 Å². The molecule has 11 aromatic heterocycles. The van der Waals surface area contributed by atoms with Gasteiger partial charge in [0.1, 0.15) is 16.3 Å². The first-order chi connectivity index (χ1) is 70.1. The Kier molecular flexibility index (Phi) is 30.3. The minimum atomic E-state index is -1.24. The number of nitrogens with one attached hydrogen (secondary N) is 1. The summed E-state index contributed by atoms with van der Waals surface area (Å²) in [6.07, 6.45) is 13.8. The van der Waals surface area contributed by atoms with Crippen LogP contribution in [0, 0.1) is 43.3 Å². The van der Waals surface area contributed by atoms with Crippen LogP contribution in [-0.4, -0.2) is 55.6 Å². The zero-order chi connectivity index (χ0) is 96.9. The Hall–Kier alpha value is -14.9. The van der Waals surface area contributed by atoms with Crippen LogP contribution in [0.3, 0.4) is 0 Å². The standard InChI is InChI=1S/C30H19N3.C29H18N3.C18H26NSi2.C18H14N.C12H8NS.2C11H8N.2Ir.Pt/c1-3-8-20(9-4-1)26-16-14-24-18-22-12-7-13-23-19-25-15-17-27(21-10-5-2-6-11-21)32-30(25)33(28(22)23)29(24)31-26;1-3-9-19(10-4-1)25-16-23-22-15-24-21-13-7-8-14-28(21)32(20-11-5-2-6-12-20)29(24)17-26(22)31-27(23)18-30-25;1-20(2,3)15-8-7-14-12-19-13-16(21(4,5)6)9-10-18(19)17(14)11-15;1-14-12-18(16-10-6-3-7-11-16)19-13-17(14)15-8-4-2-5-9-15;1-3-8-7-13-6-2-5-10-12(13)11(8)9(4-1)14-10;2*1-2-6-10(7-3-1)11-8-4-5-9-12-11;;;/h1-8,10,12-17H,18-19H2;1-9,11-18,31H;7-11,13H,12H2,1-6H3;2-10,12-13H,1H3;1-6H,7H2;2*1-6,8-9H;;;/q-2;-1;+1;-1;+1;2*-1;;;+2. The van der Waals surface area contributed by atoms with E-state index in [2.05, 4.69) is 351 Å². The van der Waals surface area contributed by atoms with Gasteiger partial charge < -0.3 is 29.5 Å². The number of thiophene rings is 1. The zero-order valence-electron chi connectivity index (χ0n) is 81.7. The molecular weight excluding hydrogens is 2370 g/mol. The molecule has 24 aromatic rings. The number of pyridine rings is 8. The number of hydrogen-bond donors (Lipinski definition) is 1. The van der Waals surface area contributed by atoms with Crippen LogP contribution in [0.5, 0.6) is 0 Å². The number of aromatic nitrogens is 10. The Labute approximate surface area is 900 Å². The molecule has 0 atom stereocenters. The van der Waals surface area contributed by atoms with Crippen molar-refractivity contribution in [3.8, 4) is 95.6 Å². The van der Waals surface area contributed by atoms with Crippen molar-refractivity contribution in [1.29, 1.82) is 0 Å². The van der Waals surface area contributed by atoms with Crippen molar-refractivity contribution < 1.29 is 70.4 Å². The molecule has 11 nitrogen and oxygen atoms in total. The van der Waals surface area contributed by atoms with E-state index < -0.39 is 16.1 Å². The van der Waals surface area contributed by atoms with Gasteiger partial charge in [0.25, 0.3) is 0 Å². The first kappa shape index (κ1) is 99.8. The number of H-pyrrole nitrogens is 1. The summed E-state index contributed by atoms with van der Waals surface area (Å²) in [6, 6.07) is 155. The number of nitrogens with zero attached hydrogens (tertiary/aromatic N) is 10. The molecule has 0 spiro atoms. The topological polar surface area (TPSA) is 109 Å². The van der Waals surface area contributed by atoms with E-state index in [9.17, 15) is 0 Å². The number of benzene rings is 13. The normalized spacial score (nSPS) is 11.8. The third kappa shape index (κ3) is 21.2. The van der Waals surface area contributed by atoms with E-state index in [1.807, 2.05) is 206 Å². The Morgan fingerprint density at radius 2 is 0.836 bits per heavy atom. The number of para-hydroxylation sites is 3. The molecule has 716 valence electrons. The van der Waals surface area contributed by atoms with Gasteiger partial charge in [-0.25, -0.2) is 0 Å². The molecule has 146 heavy (non-hydrogen) atoms. The van der Waals surface area contributed by atoms with Crippen molar-refractivity contribution in [2.45, 2.75) is 72.1 Å². The number of anilines is 3. The molecule has 0 saturated carbocycles. The Balaban J connectivity index is 0.000000111. The van der Waals surface area contributed by atoms with Crippen molar-refractivity contribution in [3.05, 3.63) is 507 Å². The van der Waals surface area contributed by atoms with Gasteiger partial charge in [-0.05, 0) is 135 Å². The number of fused-ring (bicyclic) bond motifs is 13. The molecule has 1 N–H and O–H groups in total. The van der Waals surface area contributed by atoms with E-state index in [0.717, 1.165) is 122 Å². The van der Waals surface area contributed by atoms with Gasteiger partial charge in [0.15, 0.2) is 25.5 Å². The first-order valence-electron chi connectivity index (χ1n) is 48.6. The van der Waals surface area contributed by atoms with Crippen LogP contribution in [0.25, 0.3) is 160 Å².